The number of rotatable bonds is 3. The molecule has 1 aromatic rings. The van der Waals surface area contributed by atoms with Crippen LogP contribution in [0.2, 0.25) is 0 Å². The fraction of sp³-hybridized carbons (Fsp3) is 0.455. The van der Waals surface area contributed by atoms with Crippen molar-refractivity contribution in [1.82, 2.24) is 5.32 Å². The van der Waals surface area contributed by atoms with Gasteiger partial charge in [-0.1, -0.05) is 15.9 Å². The fourth-order valence-electron chi connectivity index (χ4n) is 1.78. The van der Waals surface area contributed by atoms with Crippen molar-refractivity contribution in [2.45, 2.75) is 24.8 Å². The summed E-state index contributed by atoms with van der Waals surface area (Å²) in [7, 11) is 1.90. The molecule has 15 heavy (non-hydrogen) atoms. The van der Waals surface area contributed by atoms with E-state index in [1.165, 1.54) is 6.07 Å². The average molecular weight is 274 g/mol. The number of aromatic hydroxyl groups is 1. The Hall–Kier alpha value is -0.610. The van der Waals surface area contributed by atoms with Crippen LogP contribution >= 0.6 is 15.9 Å². The van der Waals surface area contributed by atoms with Crippen LogP contribution in [0.4, 0.5) is 4.39 Å². The third-order valence-corrected chi connectivity index (χ3v) is 3.48. The molecule has 1 aliphatic rings. The fourth-order valence-corrected chi connectivity index (χ4v) is 2.26. The summed E-state index contributed by atoms with van der Waals surface area (Å²) < 4.78 is 13.9. The van der Waals surface area contributed by atoms with Gasteiger partial charge in [0.15, 0.2) is 11.6 Å². The molecule has 1 fully saturated rings. The van der Waals surface area contributed by atoms with Gasteiger partial charge in [0.2, 0.25) is 0 Å². The van der Waals surface area contributed by atoms with Crippen molar-refractivity contribution in [2.24, 2.45) is 0 Å². The molecule has 0 aromatic heterocycles. The summed E-state index contributed by atoms with van der Waals surface area (Å²) in [5.74, 6) is -0.786. The van der Waals surface area contributed by atoms with Crippen LogP contribution in [0.25, 0.3) is 0 Å². The highest BCUT2D eigenvalue weighted by atomic mass is 79.9. The van der Waals surface area contributed by atoms with Gasteiger partial charge in [-0.05, 0) is 44.0 Å². The first-order valence-corrected chi connectivity index (χ1v) is 5.71. The third kappa shape index (κ3) is 2.16. The van der Waals surface area contributed by atoms with E-state index in [4.69, 9.17) is 0 Å². The molecule has 2 rings (SSSR count). The first kappa shape index (κ1) is 10.9. The van der Waals surface area contributed by atoms with Crippen LogP contribution in [0.1, 0.15) is 18.4 Å². The van der Waals surface area contributed by atoms with Gasteiger partial charge in [0, 0.05) is 10.0 Å². The smallest absolute Gasteiger partial charge is 0.166 e. The largest absolute Gasteiger partial charge is 0.505 e. The number of hydrogen-bond donors (Lipinski definition) is 2. The standard InChI is InChI=1S/C11H13BrFNO/c1-14-11(2-3-11)6-7-4-8(12)5-9(13)10(7)15/h4-5,14-15H,2-3,6H2,1H3. The molecule has 2 N–H and O–H groups in total. The minimum Gasteiger partial charge on any atom is -0.505 e. The van der Waals surface area contributed by atoms with Gasteiger partial charge in [-0.25, -0.2) is 4.39 Å². The van der Waals surface area contributed by atoms with Crippen LogP contribution in [-0.2, 0) is 6.42 Å². The number of hydrogen-bond acceptors (Lipinski definition) is 2. The summed E-state index contributed by atoms with van der Waals surface area (Å²) in [6, 6.07) is 3.05. The number of nitrogens with one attached hydrogen (secondary N) is 1. The number of benzene rings is 1. The van der Waals surface area contributed by atoms with Crippen molar-refractivity contribution in [3.05, 3.63) is 28.0 Å². The van der Waals surface area contributed by atoms with Gasteiger partial charge >= 0.3 is 0 Å². The van der Waals surface area contributed by atoms with E-state index in [2.05, 4.69) is 21.2 Å². The van der Waals surface area contributed by atoms with Gasteiger partial charge in [0.25, 0.3) is 0 Å². The van der Waals surface area contributed by atoms with Crippen LogP contribution in [0.15, 0.2) is 16.6 Å². The summed E-state index contributed by atoms with van der Waals surface area (Å²) >= 11 is 3.23. The molecule has 0 atom stereocenters. The molecule has 1 aromatic carbocycles. The van der Waals surface area contributed by atoms with Gasteiger partial charge in [-0.15, -0.1) is 0 Å². The maximum absolute atomic E-state index is 13.2. The van der Waals surface area contributed by atoms with E-state index < -0.39 is 5.82 Å². The average Bonchev–Trinajstić information content (AvgIpc) is 2.94. The molecule has 0 bridgehead atoms. The van der Waals surface area contributed by atoms with Crippen LogP contribution in [0.5, 0.6) is 5.75 Å². The molecule has 4 heteroatoms. The Balaban J connectivity index is 2.28. The Bertz CT molecular complexity index is 390. The quantitative estimate of drug-likeness (QED) is 0.888. The predicted molar refractivity (Wildman–Crippen MR) is 60.5 cm³/mol. The van der Waals surface area contributed by atoms with E-state index in [1.54, 1.807) is 6.07 Å². The molecule has 0 radical (unpaired) electrons. The van der Waals surface area contributed by atoms with Crippen molar-refractivity contribution in [2.75, 3.05) is 7.05 Å². The van der Waals surface area contributed by atoms with Gasteiger partial charge in [0.1, 0.15) is 0 Å². The molecule has 0 aliphatic heterocycles. The third-order valence-electron chi connectivity index (χ3n) is 3.02. The van der Waals surface area contributed by atoms with Gasteiger partial charge in [-0.3, -0.25) is 0 Å². The Kier molecular flexibility index (Phi) is 2.73. The predicted octanol–water partition coefficient (Wildman–Crippen LogP) is 2.59. The van der Waals surface area contributed by atoms with Crippen molar-refractivity contribution in [3.8, 4) is 5.75 Å². The summed E-state index contributed by atoms with van der Waals surface area (Å²) in [6.07, 6.45) is 2.83. The van der Waals surface area contributed by atoms with Gasteiger partial charge in [-0.2, -0.15) is 0 Å². The van der Waals surface area contributed by atoms with Crippen LogP contribution in [-0.4, -0.2) is 17.7 Å². The van der Waals surface area contributed by atoms with Crippen molar-refractivity contribution in [3.63, 3.8) is 0 Å². The highest BCUT2D eigenvalue weighted by Gasteiger charge is 2.41. The summed E-state index contributed by atoms with van der Waals surface area (Å²) in [5.41, 5.74) is 0.735. The molecular formula is C11H13BrFNO. The lowest BCUT2D eigenvalue weighted by Gasteiger charge is -2.15. The monoisotopic (exact) mass is 273 g/mol. The highest BCUT2D eigenvalue weighted by molar-refractivity contribution is 9.10. The van der Waals surface area contributed by atoms with Crippen LogP contribution < -0.4 is 5.32 Å². The Morgan fingerprint density at radius 3 is 2.73 bits per heavy atom. The van der Waals surface area contributed by atoms with E-state index in [0.717, 1.165) is 12.8 Å². The second-order valence-electron chi connectivity index (χ2n) is 4.10. The van der Waals surface area contributed by atoms with Crippen molar-refractivity contribution in [1.29, 1.82) is 0 Å². The maximum atomic E-state index is 13.2. The lowest BCUT2D eigenvalue weighted by atomic mass is 10.0. The molecule has 1 aliphatic carbocycles. The number of phenols is 1. The second kappa shape index (κ2) is 3.76. The molecule has 0 saturated heterocycles. The molecule has 0 spiro atoms. The molecule has 0 amide bonds. The van der Waals surface area contributed by atoms with Crippen molar-refractivity contribution >= 4 is 15.9 Å². The minimum absolute atomic E-state index is 0.0741. The van der Waals surface area contributed by atoms with Crippen molar-refractivity contribution < 1.29 is 9.50 Å². The molecule has 2 nitrogen and oxygen atoms in total. The van der Waals surface area contributed by atoms with E-state index in [-0.39, 0.29) is 11.3 Å². The summed E-state index contributed by atoms with van der Waals surface area (Å²) in [5, 5.41) is 12.8. The van der Waals surface area contributed by atoms with E-state index in [0.29, 0.717) is 16.5 Å². The molecular weight excluding hydrogens is 261 g/mol. The van der Waals surface area contributed by atoms with Crippen LogP contribution in [0, 0.1) is 5.82 Å². The highest BCUT2D eigenvalue weighted by Crippen LogP contribution is 2.40. The SMILES string of the molecule is CNC1(Cc2cc(Br)cc(F)c2O)CC1. The van der Waals surface area contributed by atoms with Gasteiger partial charge < -0.3 is 10.4 Å². The first-order valence-electron chi connectivity index (χ1n) is 4.92. The first-order chi connectivity index (χ1) is 7.06. The minimum atomic E-state index is -0.564. The van der Waals surface area contributed by atoms with Crippen LogP contribution in [0.3, 0.4) is 0 Å². The van der Waals surface area contributed by atoms with E-state index >= 15 is 0 Å². The maximum Gasteiger partial charge on any atom is 0.166 e. The second-order valence-corrected chi connectivity index (χ2v) is 5.02. The molecule has 0 heterocycles. The zero-order valence-corrected chi connectivity index (χ0v) is 10.1. The zero-order valence-electron chi connectivity index (χ0n) is 8.48. The molecule has 82 valence electrons. The number of likely N-dealkylation sites (N-methyl/N-ethyl adjacent to an activating group) is 1. The zero-order chi connectivity index (χ0) is 11.1. The molecule has 1 saturated carbocycles. The molecule has 0 unspecified atom stereocenters. The normalized spacial score (nSPS) is 17.8. The van der Waals surface area contributed by atoms with E-state index in [9.17, 15) is 9.50 Å². The summed E-state index contributed by atoms with van der Waals surface area (Å²) in [6.45, 7) is 0. The lowest BCUT2D eigenvalue weighted by Crippen LogP contribution is -2.29. The number of halogens is 2. The Morgan fingerprint density at radius 2 is 2.20 bits per heavy atom. The topological polar surface area (TPSA) is 32.3 Å². The Labute approximate surface area is 96.6 Å². The summed E-state index contributed by atoms with van der Waals surface area (Å²) in [4.78, 5) is 0. The van der Waals surface area contributed by atoms with Gasteiger partial charge in [0.05, 0.1) is 0 Å². The number of phenolic OH excluding ortho intramolecular Hbond substituents is 1. The Morgan fingerprint density at radius 1 is 1.53 bits per heavy atom. The van der Waals surface area contributed by atoms with E-state index in [1.807, 2.05) is 7.05 Å². The lowest BCUT2D eigenvalue weighted by molar-refractivity contribution is 0.418.